The van der Waals surface area contributed by atoms with Crippen LogP contribution in [0.25, 0.3) is 0 Å². The van der Waals surface area contributed by atoms with Crippen LogP contribution in [-0.4, -0.2) is 102 Å². The lowest BCUT2D eigenvalue weighted by Gasteiger charge is -2.36. The molecule has 7 N–H and O–H groups in total. The SMILES string of the molecule is CCCCCC[C@H]1OC(=O)CNC(=O)[C@H]([C@H](C)O)NC(=O)C([C@H](C)N)NC(=O)[C@H](C2CCCCC2)NC(=O)[C@H](CC(C)C)N(C)C(=O)[C@@H]1C. The van der Waals surface area contributed by atoms with Gasteiger partial charge in [0, 0.05) is 13.1 Å². The maximum Gasteiger partial charge on any atom is 0.325 e. The van der Waals surface area contributed by atoms with Crippen LogP contribution < -0.4 is 27.0 Å². The lowest BCUT2D eigenvalue weighted by atomic mass is 9.83. The maximum atomic E-state index is 14.1. The van der Waals surface area contributed by atoms with Gasteiger partial charge in [0.05, 0.1) is 12.0 Å². The van der Waals surface area contributed by atoms with Crippen molar-refractivity contribution in [1.29, 1.82) is 0 Å². The van der Waals surface area contributed by atoms with Crippen molar-refractivity contribution >= 4 is 35.5 Å². The molecule has 1 heterocycles. The van der Waals surface area contributed by atoms with Gasteiger partial charge in [0.1, 0.15) is 36.8 Å². The van der Waals surface area contributed by atoms with Gasteiger partial charge in [-0.3, -0.25) is 28.8 Å². The molecule has 0 bridgehead atoms. The lowest BCUT2D eigenvalue weighted by molar-refractivity contribution is -0.157. The third kappa shape index (κ3) is 12.9. The van der Waals surface area contributed by atoms with Crippen molar-refractivity contribution in [1.82, 2.24) is 26.2 Å². The van der Waals surface area contributed by atoms with Gasteiger partial charge in [0.2, 0.25) is 29.5 Å². The predicted molar refractivity (Wildman–Crippen MR) is 185 cm³/mol. The highest BCUT2D eigenvalue weighted by molar-refractivity contribution is 5.96. The number of aliphatic hydroxyl groups excluding tert-OH is 1. The Hall–Kier alpha value is -3.26. The molecular formula is C35H62N6O8. The Kier molecular flexibility index (Phi) is 17.5. The summed E-state index contributed by atoms with van der Waals surface area (Å²) in [5, 5.41) is 20.9. The summed E-state index contributed by atoms with van der Waals surface area (Å²) in [6.45, 7) is 9.85. The Balaban J connectivity index is 2.59. The van der Waals surface area contributed by atoms with E-state index in [1.165, 1.54) is 18.7 Å². The molecule has 0 spiro atoms. The molecule has 5 amide bonds. The summed E-state index contributed by atoms with van der Waals surface area (Å²) in [5.74, 6) is -4.97. The number of unbranched alkanes of at least 4 members (excludes halogenated alkanes) is 3. The summed E-state index contributed by atoms with van der Waals surface area (Å²) >= 11 is 0. The molecule has 8 atom stereocenters. The molecule has 1 unspecified atom stereocenters. The van der Waals surface area contributed by atoms with E-state index in [1.807, 2.05) is 13.8 Å². The van der Waals surface area contributed by atoms with Gasteiger partial charge in [0.25, 0.3) is 0 Å². The van der Waals surface area contributed by atoms with E-state index in [9.17, 15) is 33.9 Å². The largest absolute Gasteiger partial charge is 0.460 e. The van der Waals surface area contributed by atoms with E-state index in [-0.39, 0.29) is 11.8 Å². The fourth-order valence-electron chi connectivity index (χ4n) is 6.63. The van der Waals surface area contributed by atoms with Gasteiger partial charge in [-0.25, -0.2) is 0 Å². The third-order valence-electron chi connectivity index (χ3n) is 9.66. The Morgan fingerprint density at radius 1 is 0.857 bits per heavy atom. The number of ether oxygens (including phenoxy) is 1. The average Bonchev–Trinajstić information content (AvgIpc) is 3.05. The summed E-state index contributed by atoms with van der Waals surface area (Å²) in [7, 11) is 1.55. The Labute approximate surface area is 291 Å². The highest BCUT2D eigenvalue weighted by atomic mass is 16.5. The second-order valence-electron chi connectivity index (χ2n) is 14.4. The number of nitrogens with zero attached hydrogens (tertiary/aromatic N) is 1. The number of hydrogen-bond donors (Lipinski definition) is 6. The standard InChI is InChI=1S/C35H62N6O8/c1-8-9-10-14-17-26-21(4)35(48)41(7)25(18-20(2)3)31(44)40-30(24-15-12-11-13-16-24)34(47)38-28(22(5)36)33(46)39-29(23(6)42)32(45)37-19-27(43)49-26/h20-26,28-30,42H,8-19,36H2,1-7H3,(H,37,45)(H,38,47)(H,39,46)(H,40,44)/t21-,22+,23+,25+,26-,28?,29+,30+/m1/s1. The maximum absolute atomic E-state index is 14.1. The van der Waals surface area contributed by atoms with Gasteiger partial charge in [0.15, 0.2) is 0 Å². The minimum Gasteiger partial charge on any atom is -0.460 e. The van der Waals surface area contributed by atoms with E-state index in [1.54, 1.807) is 14.0 Å². The van der Waals surface area contributed by atoms with E-state index in [0.29, 0.717) is 32.1 Å². The molecule has 0 aromatic rings. The minimum absolute atomic E-state index is 0.0178. The number of aliphatic hydroxyl groups is 1. The number of likely N-dealkylation sites (N-methyl/N-ethyl adjacent to an activating group) is 1. The van der Waals surface area contributed by atoms with Gasteiger partial charge >= 0.3 is 5.97 Å². The molecule has 1 saturated carbocycles. The Bertz CT molecular complexity index is 1130. The predicted octanol–water partition coefficient (Wildman–Crippen LogP) is 1.27. The van der Waals surface area contributed by atoms with E-state index in [0.717, 1.165) is 38.5 Å². The van der Waals surface area contributed by atoms with Crippen LogP contribution in [0.5, 0.6) is 0 Å². The van der Waals surface area contributed by atoms with Crippen molar-refractivity contribution in [3.8, 4) is 0 Å². The molecule has 280 valence electrons. The molecule has 0 aromatic heterocycles. The van der Waals surface area contributed by atoms with Crippen LogP contribution >= 0.6 is 0 Å². The highest BCUT2D eigenvalue weighted by Gasteiger charge is 2.40. The zero-order valence-electron chi connectivity index (χ0n) is 30.6. The van der Waals surface area contributed by atoms with Crippen LogP contribution in [-0.2, 0) is 33.5 Å². The van der Waals surface area contributed by atoms with Gasteiger partial charge in [-0.2, -0.15) is 0 Å². The molecule has 1 saturated heterocycles. The number of hydrogen-bond acceptors (Lipinski definition) is 9. The smallest absolute Gasteiger partial charge is 0.325 e. The molecule has 2 rings (SSSR count). The first-order valence-corrected chi connectivity index (χ1v) is 18.2. The monoisotopic (exact) mass is 694 g/mol. The number of nitrogens with two attached hydrogens (primary N) is 1. The van der Waals surface area contributed by atoms with Crippen molar-refractivity contribution in [2.24, 2.45) is 23.5 Å². The normalized spacial score (nSPS) is 29.1. The second-order valence-corrected chi connectivity index (χ2v) is 14.4. The molecule has 49 heavy (non-hydrogen) atoms. The highest BCUT2D eigenvalue weighted by Crippen LogP contribution is 2.28. The second kappa shape index (κ2) is 20.4. The molecule has 0 aromatic carbocycles. The lowest BCUT2D eigenvalue weighted by Crippen LogP contribution is -2.64. The van der Waals surface area contributed by atoms with E-state index < -0.39 is 90.4 Å². The molecule has 14 nitrogen and oxygen atoms in total. The zero-order valence-corrected chi connectivity index (χ0v) is 30.6. The van der Waals surface area contributed by atoms with Crippen molar-refractivity contribution in [2.45, 2.75) is 155 Å². The number of carbonyl (C=O) groups is 6. The first-order chi connectivity index (χ1) is 23.1. The summed E-state index contributed by atoms with van der Waals surface area (Å²) < 4.78 is 5.77. The van der Waals surface area contributed by atoms with Crippen LogP contribution in [0.15, 0.2) is 0 Å². The van der Waals surface area contributed by atoms with Crippen LogP contribution in [0.2, 0.25) is 0 Å². The minimum atomic E-state index is -1.48. The van der Waals surface area contributed by atoms with Crippen LogP contribution in [0, 0.1) is 17.8 Å². The molecule has 1 aliphatic heterocycles. The number of nitrogens with one attached hydrogen (secondary N) is 4. The Morgan fingerprint density at radius 3 is 2.06 bits per heavy atom. The van der Waals surface area contributed by atoms with E-state index in [2.05, 4.69) is 28.2 Å². The first-order valence-electron chi connectivity index (χ1n) is 18.2. The summed E-state index contributed by atoms with van der Waals surface area (Å²) in [6, 6.07) is -5.65. The number of esters is 1. The van der Waals surface area contributed by atoms with Gasteiger partial charge in [-0.15, -0.1) is 0 Å². The van der Waals surface area contributed by atoms with Gasteiger partial charge < -0.3 is 41.7 Å². The summed E-state index contributed by atoms with van der Waals surface area (Å²) in [4.78, 5) is 83.1. The van der Waals surface area contributed by atoms with Gasteiger partial charge in [-0.05, 0) is 57.8 Å². The fourth-order valence-corrected chi connectivity index (χ4v) is 6.63. The van der Waals surface area contributed by atoms with E-state index in [4.69, 9.17) is 10.5 Å². The van der Waals surface area contributed by atoms with Crippen LogP contribution in [0.3, 0.4) is 0 Å². The quantitative estimate of drug-likeness (QED) is 0.144. The van der Waals surface area contributed by atoms with Crippen molar-refractivity contribution in [2.75, 3.05) is 13.6 Å². The molecule has 2 aliphatic rings. The van der Waals surface area contributed by atoms with Crippen molar-refractivity contribution in [3.05, 3.63) is 0 Å². The molecular weight excluding hydrogens is 632 g/mol. The number of cyclic esters (lactones) is 1. The summed E-state index contributed by atoms with van der Waals surface area (Å²) in [6.07, 6.45) is 6.17. The van der Waals surface area contributed by atoms with Crippen LogP contribution in [0.1, 0.15) is 112 Å². The Morgan fingerprint density at radius 2 is 1.49 bits per heavy atom. The van der Waals surface area contributed by atoms with E-state index >= 15 is 0 Å². The molecule has 1 aliphatic carbocycles. The fraction of sp³-hybridized carbons (Fsp3) is 0.829. The molecule has 14 heteroatoms. The first kappa shape index (κ1) is 41.9. The van der Waals surface area contributed by atoms with Crippen molar-refractivity contribution in [3.63, 3.8) is 0 Å². The average molecular weight is 695 g/mol. The van der Waals surface area contributed by atoms with Gasteiger partial charge in [-0.1, -0.05) is 66.2 Å². The summed E-state index contributed by atoms with van der Waals surface area (Å²) in [5.41, 5.74) is 6.14. The number of amides is 5. The molecule has 0 radical (unpaired) electrons. The number of rotatable bonds is 10. The molecule has 2 fully saturated rings. The van der Waals surface area contributed by atoms with Crippen molar-refractivity contribution < 1.29 is 38.6 Å². The zero-order chi connectivity index (χ0) is 36.8. The topological polar surface area (TPSA) is 209 Å². The van der Waals surface area contributed by atoms with Crippen LogP contribution in [0.4, 0.5) is 0 Å². The third-order valence-corrected chi connectivity index (χ3v) is 9.66. The number of carbonyl (C=O) groups excluding carboxylic acids is 6.